The zero-order valence-electron chi connectivity index (χ0n) is 13.2. The Balaban J connectivity index is 2.21. The molecule has 124 valence electrons. The van der Waals surface area contributed by atoms with Crippen molar-refractivity contribution in [2.45, 2.75) is 6.92 Å². The second kappa shape index (κ2) is 6.13. The fourth-order valence-electron chi connectivity index (χ4n) is 2.72. The second-order valence-corrected chi connectivity index (χ2v) is 5.50. The number of carboxylic acid groups (broad SMARTS) is 1. The molecule has 1 heterocycles. The molecule has 0 aliphatic heterocycles. The standard InChI is InChI=1S/C19H13FN2O3/c1-11-15(7-16(23)17(18(11)20)19(24)25)22-9-13(8-21)14(10-22)12-5-3-2-4-6-12/h2-7,9-10,23H,1H3,(H,24,25). The Morgan fingerprint density at radius 1 is 1.24 bits per heavy atom. The van der Waals surface area contributed by atoms with Crippen molar-refractivity contribution < 1.29 is 19.4 Å². The average molecular weight is 336 g/mol. The first-order valence-corrected chi connectivity index (χ1v) is 7.37. The molecule has 5 nitrogen and oxygen atoms in total. The third-order valence-corrected chi connectivity index (χ3v) is 3.99. The van der Waals surface area contributed by atoms with Crippen molar-refractivity contribution in [2.75, 3.05) is 0 Å². The lowest BCUT2D eigenvalue weighted by molar-refractivity contribution is 0.0688. The molecule has 0 bridgehead atoms. The Hall–Kier alpha value is -3.59. The summed E-state index contributed by atoms with van der Waals surface area (Å²) in [5.74, 6) is -3.21. The first-order chi connectivity index (χ1) is 11.9. The van der Waals surface area contributed by atoms with Crippen LogP contribution in [-0.2, 0) is 0 Å². The van der Waals surface area contributed by atoms with Crippen LogP contribution in [0.15, 0.2) is 48.8 Å². The van der Waals surface area contributed by atoms with Gasteiger partial charge in [0.15, 0.2) is 0 Å². The summed E-state index contributed by atoms with van der Waals surface area (Å²) in [4.78, 5) is 11.1. The normalized spacial score (nSPS) is 10.4. The molecule has 6 heteroatoms. The molecule has 2 N–H and O–H groups in total. The van der Waals surface area contributed by atoms with Gasteiger partial charge in [-0.3, -0.25) is 0 Å². The molecule has 3 aromatic rings. The summed E-state index contributed by atoms with van der Waals surface area (Å²) in [5, 5.41) is 28.3. The van der Waals surface area contributed by atoms with Crippen molar-refractivity contribution in [3.63, 3.8) is 0 Å². The molecule has 0 atom stereocenters. The second-order valence-electron chi connectivity index (χ2n) is 5.50. The number of benzene rings is 2. The molecule has 0 aliphatic rings. The van der Waals surface area contributed by atoms with Crippen LogP contribution in [0, 0.1) is 24.1 Å². The molecule has 0 fully saturated rings. The summed E-state index contributed by atoms with van der Waals surface area (Å²) in [7, 11) is 0. The van der Waals surface area contributed by atoms with Gasteiger partial charge in [-0.25, -0.2) is 9.18 Å². The number of aromatic carboxylic acids is 1. The first kappa shape index (κ1) is 16.3. The molecule has 0 saturated heterocycles. The zero-order valence-corrected chi connectivity index (χ0v) is 13.2. The fourth-order valence-corrected chi connectivity index (χ4v) is 2.72. The van der Waals surface area contributed by atoms with Crippen LogP contribution in [0.2, 0.25) is 0 Å². The quantitative estimate of drug-likeness (QED) is 0.760. The predicted molar refractivity (Wildman–Crippen MR) is 89.2 cm³/mol. The Kier molecular flexibility index (Phi) is 3.99. The van der Waals surface area contributed by atoms with Gasteiger partial charge in [-0.15, -0.1) is 0 Å². The largest absolute Gasteiger partial charge is 0.507 e. The SMILES string of the molecule is Cc1c(-n2cc(C#N)c(-c3ccccc3)c2)cc(O)c(C(=O)O)c1F. The molecule has 0 unspecified atom stereocenters. The molecule has 0 radical (unpaired) electrons. The number of nitriles is 1. The third kappa shape index (κ3) is 2.72. The van der Waals surface area contributed by atoms with Gasteiger partial charge in [-0.1, -0.05) is 30.3 Å². The van der Waals surface area contributed by atoms with Crippen molar-refractivity contribution in [1.29, 1.82) is 5.26 Å². The maximum absolute atomic E-state index is 14.4. The highest BCUT2D eigenvalue weighted by Gasteiger charge is 2.22. The highest BCUT2D eigenvalue weighted by Crippen LogP contribution is 2.32. The number of carbonyl (C=O) groups is 1. The number of carboxylic acids is 1. The minimum atomic E-state index is -1.54. The number of halogens is 1. The number of rotatable bonds is 3. The van der Waals surface area contributed by atoms with Crippen LogP contribution >= 0.6 is 0 Å². The lowest BCUT2D eigenvalue weighted by Crippen LogP contribution is -2.06. The van der Waals surface area contributed by atoms with Gasteiger partial charge in [-0.2, -0.15) is 5.26 Å². The maximum Gasteiger partial charge on any atom is 0.342 e. The van der Waals surface area contributed by atoms with E-state index >= 15 is 0 Å². The summed E-state index contributed by atoms with van der Waals surface area (Å²) in [6.45, 7) is 1.42. The van der Waals surface area contributed by atoms with Gasteiger partial charge in [0.1, 0.15) is 23.2 Å². The highest BCUT2D eigenvalue weighted by molar-refractivity contribution is 5.92. The first-order valence-electron chi connectivity index (χ1n) is 7.37. The summed E-state index contributed by atoms with van der Waals surface area (Å²) in [6.07, 6.45) is 3.17. The predicted octanol–water partition coefficient (Wildman–Crippen LogP) is 3.87. The van der Waals surface area contributed by atoms with Crippen LogP contribution in [0.4, 0.5) is 4.39 Å². The highest BCUT2D eigenvalue weighted by atomic mass is 19.1. The van der Waals surface area contributed by atoms with Crippen molar-refractivity contribution in [3.8, 4) is 28.6 Å². The molecule has 0 spiro atoms. The molecule has 25 heavy (non-hydrogen) atoms. The number of phenols is 1. The van der Waals surface area contributed by atoms with Crippen LogP contribution in [0.3, 0.4) is 0 Å². The Morgan fingerprint density at radius 2 is 1.92 bits per heavy atom. The summed E-state index contributed by atoms with van der Waals surface area (Å²) < 4.78 is 15.9. The van der Waals surface area contributed by atoms with Crippen LogP contribution in [0.1, 0.15) is 21.5 Å². The number of hydrogen-bond acceptors (Lipinski definition) is 3. The van der Waals surface area contributed by atoms with Crippen molar-refractivity contribution >= 4 is 5.97 Å². The lowest BCUT2D eigenvalue weighted by Gasteiger charge is -2.11. The van der Waals surface area contributed by atoms with Gasteiger partial charge >= 0.3 is 5.97 Å². The maximum atomic E-state index is 14.4. The molecule has 0 aliphatic carbocycles. The van der Waals surface area contributed by atoms with E-state index < -0.39 is 23.1 Å². The van der Waals surface area contributed by atoms with E-state index in [0.29, 0.717) is 11.1 Å². The number of nitrogens with zero attached hydrogens (tertiary/aromatic N) is 2. The molecule has 1 aromatic heterocycles. The van der Waals surface area contributed by atoms with Crippen molar-refractivity contribution in [3.05, 3.63) is 71.3 Å². The van der Waals surface area contributed by atoms with E-state index in [9.17, 15) is 19.6 Å². The monoisotopic (exact) mass is 336 g/mol. The number of hydrogen-bond donors (Lipinski definition) is 2. The van der Waals surface area contributed by atoms with E-state index in [-0.39, 0.29) is 11.3 Å². The third-order valence-electron chi connectivity index (χ3n) is 3.99. The van der Waals surface area contributed by atoms with Gasteiger partial charge in [0.2, 0.25) is 0 Å². The zero-order chi connectivity index (χ0) is 18.1. The van der Waals surface area contributed by atoms with Crippen LogP contribution in [0.25, 0.3) is 16.8 Å². The van der Waals surface area contributed by atoms with Crippen LogP contribution in [-0.4, -0.2) is 20.7 Å². The van der Waals surface area contributed by atoms with Gasteiger partial charge < -0.3 is 14.8 Å². The van der Waals surface area contributed by atoms with Gasteiger partial charge in [0.25, 0.3) is 0 Å². The summed E-state index contributed by atoms with van der Waals surface area (Å²) in [6, 6.07) is 12.5. The van der Waals surface area contributed by atoms with E-state index in [1.807, 2.05) is 30.3 Å². The molecule has 3 rings (SSSR count). The fraction of sp³-hybridized carbons (Fsp3) is 0.0526. The smallest absolute Gasteiger partial charge is 0.342 e. The van der Waals surface area contributed by atoms with Crippen molar-refractivity contribution in [2.24, 2.45) is 0 Å². The lowest BCUT2D eigenvalue weighted by atomic mass is 10.1. The topological polar surface area (TPSA) is 86.3 Å². The Bertz CT molecular complexity index is 1020. The summed E-state index contributed by atoms with van der Waals surface area (Å²) >= 11 is 0. The van der Waals surface area contributed by atoms with Gasteiger partial charge in [0.05, 0.1) is 11.3 Å². The summed E-state index contributed by atoms with van der Waals surface area (Å²) in [5.41, 5.74) is 1.42. The van der Waals surface area contributed by atoms with Crippen molar-refractivity contribution in [1.82, 2.24) is 4.57 Å². The number of aromatic nitrogens is 1. The van der Waals surface area contributed by atoms with E-state index in [2.05, 4.69) is 6.07 Å². The molecule has 2 aromatic carbocycles. The van der Waals surface area contributed by atoms with E-state index in [4.69, 9.17) is 5.11 Å². The molecule has 0 saturated carbocycles. The van der Waals surface area contributed by atoms with Gasteiger partial charge in [-0.05, 0) is 12.5 Å². The van der Waals surface area contributed by atoms with E-state index in [1.165, 1.54) is 23.8 Å². The van der Waals surface area contributed by atoms with Gasteiger partial charge in [0, 0.05) is 29.6 Å². The molecular formula is C19H13FN2O3. The minimum absolute atomic E-state index is 0.0642. The Morgan fingerprint density at radius 3 is 2.52 bits per heavy atom. The Labute approximate surface area is 142 Å². The van der Waals surface area contributed by atoms with E-state index in [1.54, 1.807) is 6.20 Å². The average Bonchev–Trinajstić information content (AvgIpc) is 3.03. The molecule has 0 amide bonds. The minimum Gasteiger partial charge on any atom is -0.507 e. The van der Waals surface area contributed by atoms with Crippen LogP contribution in [0.5, 0.6) is 5.75 Å². The molecular weight excluding hydrogens is 323 g/mol. The van der Waals surface area contributed by atoms with Crippen LogP contribution < -0.4 is 0 Å². The number of aromatic hydroxyl groups is 1. The van der Waals surface area contributed by atoms with E-state index in [0.717, 1.165) is 5.56 Å².